The number of carbonyl (C=O) groups is 1. The summed E-state index contributed by atoms with van der Waals surface area (Å²) in [5.74, 6) is 1.64. The van der Waals surface area contributed by atoms with E-state index in [2.05, 4.69) is 15.6 Å². The number of oxazole rings is 1. The maximum absolute atomic E-state index is 12.1. The van der Waals surface area contributed by atoms with E-state index in [-0.39, 0.29) is 12.1 Å². The number of carbonyl (C=O) groups excluding carboxylic acids is 1. The van der Waals surface area contributed by atoms with E-state index in [1.54, 1.807) is 0 Å². The number of nitrogens with one attached hydrogen (secondary N) is 2. The molecular formula is C18H23N3O3. The molecule has 2 atom stereocenters. The van der Waals surface area contributed by atoms with E-state index in [0.29, 0.717) is 24.1 Å². The lowest BCUT2D eigenvalue weighted by molar-refractivity contribution is 0.101. The van der Waals surface area contributed by atoms with Gasteiger partial charge in [-0.25, -0.2) is 9.78 Å². The van der Waals surface area contributed by atoms with Gasteiger partial charge in [-0.15, -0.1) is 0 Å². The third-order valence-corrected chi connectivity index (χ3v) is 4.89. The molecule has 1 aromatic heterocycles. The van der Waals surface area contributed by atoms with Gasteiger partial charge in [0.2, 0.25) is 0 Å². The lowest BCUT2D eigenvalue weighted by Gasteiger charge is -2.25. The van der Waals surface area contributed by atoms with Crippen LogP contribution in [0.25, 0.3) is 11.1 Å². The summed E-state index contributed by atoms with van der Waals surface area (Å²) in [4.78, 5) is 16.6. The van der Waals surface area contributed by atoms with Crippen molar-refractivity contribution in [3.05, 3.63) is 24.1 Å². The normalized spacial score (nSPS) is 24.0. The number of fused-ring (bicyclic) bond motifs is 1. The summed E-state index contributed by atoms with van der Waals surface area (Å²) in [7, 11) is 0. The van der Waals surface area contributed by atoms with Crippen LogP contribution in [0.1, 0.15) is 50.3 Å². The summed E-state index contributed by atoms with van der Waals surface area (Å²) in [5, 5.41) is 15.4. The van der Waals surface area contributed by atoms with Crippen LogP contribution < -0.4 is 10.6 Å². The van der Waals surface area contributed by atoms with Crippen LogP contribution in [-0.4, -0.2) is 28.8 Å². The van der Waals surface area contributed by atoms with E-state index in [4.69, 9.17) is 4.42 Å². The molecule has 0 aliphatic heterocycles. The minimum Gasteiger partial charge on any atom is -0.440 e. The SMILES string of the molecule is O=C(NCC1CCCC(O)C1)Nc1ccc2oc(C3CC3)nc2c1. The van der Waals surface area contributed by atoms with Crippen LogP contribution in [0, 0.1) is 5.92 Å². The molecule has 2 unspecified atom stereocenters. The Bertz CT molecular complexity index is 738. The van der Waals surface area contributed by atoms with Crippen molar-refractivity contribution in [3.8, 4) is 0 Å². The smallest absolute Gasteiger partial charge is 0.319 e. The van der Waals surface area contributed by atoms with Crippen LogP contribution in [0.4, 0.5) is 10.5 Å². The highest BCUT2D eigenvalue weighted by Crippen LogP contribution is 2.40. The Labute approximate surface area is 140 Å². The molecule has 4 rings (SSSR count). The fourth-order valence-corrected chi connectivity index (χ4v) is 3.39. The molecular weight excluding hydrogens is 306 g/mol. The first-order valence-corrected chi connectivity index (χ1v) is 8.81. The van der Waals surface area contributed by atoms with E-state index >= 15 is 0 Å². The molecule has 2 aromatic rings. The monoisotopic (exact) mass is 329 g/mol. The summed E-state index contributed by atoms with van der Waals surface area (Å²) in [6, 6.07) is 5.30. The molecule has 1 aromatic carbocycles. The summed E-state index contributed by atoms with van der Waals surface area (Å²) in [5.41, 5.74) is 2.25. The largest absolute Gasteiger partial charge is 0.440 e. The van der Waals surface area contributed by atoms with Gasteiger partial charge >= 0.3 is 6.03 Å². The molecule has 6 heteroatoms. The summed E-state index contributed by atoms with van der Waals surface area (Å²) in [6.07, 6.45) is 5.82. The topological polar surface area (TPSA) is 87.4 Å². The Kier molecular flexibility index (Phi) is 4.14. The van der Waals surface area contributed by atoms with E-state index in [9.17, 15) is 9.90 Å². The Balaban J connectivity index is 1.34. The number of benzene rings is 1. The second-order valence-corrected chi connectivity index (χ2v) is 7.03. The van der Waals surface area contributed by atoms with Crippen LogP contribution in [0.2, 0.25) is 0 Å². The van der Waals surface area contributed by atoms with Gasteiger partial charge in [0.05, 0.1) is 6.10 Å². The molecule has 2 saturated carbocycles. The zero-order valence-electron chi connectivity index (χ0n) is 13.6. The number of urea groups is 1. The lowest BCUT2D eigenvalue weighted by atomic mass is 9.87. The third-order valence-electron chi connectivity index (χ3n) is 4.89. The highest BCUT2D eigenvalue weighted by Gasteiger charge is 2.29. The molecule has 2 aliphatic rings. The second-order valence-electron chi connectivity index (χ2n) is 7.03. The van der Waals surface area contributed by atoms with Gasteiger partial charge in [0, 0.05) is 18.2 Å². The fraction of sp³-hybridized carbons (Fsp3) is 0.556. The van der Waals surface area contributed by atoms with Gasteiger partial charge < -0.3 is 20.2 Å². The van der Waals surface area contributed by atoms with Gasteiger partial charge in [0.25, 0.3) is 0 Å². The molecule has 3 N–H and O–H groups in total. The van der Waals surface area contributed by atoms with Crippen LogP contribution in [-0.2, 0) is 0 Å². The summed E-state index contributed by atoms with van der Waals surface area (Å²) >= 11 is 0. The average molecular weight is 329 g/mol. The maximum Gasteiger partial charge on any atom is 0.319 e. The van der Waals surface area contributed by atoms with Crippen molar-refractivity contribution < 1.29 is 14.3 Å². The van der Waals surface area contributed by atoms with Crippen LogP contribution in [0.15, 0.2) is 22.6 Å². The van der Waals surface area contributed by atoms with Crippen molar-refractivity contribution >= 4 is 22.8 Å². The highest BCUT2D eigenvalue weighted by molar-refractivity contribution is 5.91. The van der Waals surface area contributed by atoms with E-state index in [1.165, 1.54) is 0 Å². The predicted octanol–water partition coefficient (Wildman–Crippen LogP) is 3.38. The number of nitrogens with zero attached hydrogens (tertiary/aromatic N) is 1. The Morgan fingerprint density at radius 2 is 2.17 bits per heavy atom. The fourth-order valence-electron chi connectivity index (χ4n) is 3.39. The van der Waals surface area contributed by atoms with Crippen molar-refractivity contribution in [1.29, 1.82) is 0 Å². The number of aliphatic hydroxyl groups is 1. The molecule has 1 heterocycles. The van der Waals surface area contributed by atoms with Gasteiger partial charge in [0.1, 0.15) is 5.52 Å². The van der Waals surface area contributed by atoms with Gasteiger partial charge in [-0.1, -0.05) is 6.42 Å². The predicted molar refractivity (Wildman–Crippen MR) is 91.0 cm³/mol. The highest BCUT2D eigenvalue weighted by atomic mass is 16.3. The Morgan fingerprint density at radius 1 is 1.29 bits per heavy atom. The molecule has 2 fully saturated rings. The number of rotatable bonds is 4. The molecule has 0 spiro atoms. The van der Waals surface area contributed by atoms with Crippen molar-refractivity contribution in [2.45, 2.75) is 50.5 Å². The summed E-state index contributed by atoms with van der Waals surface area (Å²) < 4.78 is 5.73. The zero-order valence-corrected chi connectivity index (χ0v) is 13.6. The zero-order chi connectivity index (χ0) is 16.5. The molecule has 0 saturated heterocycles. The van der Waals surface area contributed by atoms with Gasteiger partial charge in [-0.05, 0) is 56.2 Å². The first-order valence-electron chi connectivity index (χ1n) is 8.81. The third kappa shape index (κ3) is 3.53. The maximum atomic E-state index is 12.1. The van der Waals surface area contributed by atoms with Crippen LogP contribution in [0.3, 0.4) is 0 Å². The van der Waals surface area contributed by atoms with Crippen molar-refractivity contribution in [1.82, 2.24) is 10.3 Å². The van der Waals surface area contributed by atoms with Crippen LogP contribution >= 0.6 is 0 Å². The first kappa shape index (κ1) is 15.4. The number of hydrogen-bond donors (Lipinski definition) is 3. The van der Waals surface area contributed by atoms with E-state index < -0.39 is 0 Å². The number of amides is 2. The average Bonchev–Trinajstić information content (AvgIpc) is 3.33. The van der Waals surface area contributed by atoms with Crippen molar-refractivity contribution in [2.75, 3.05) is 11.9 Å². The van der Waals surface area contributed by atoms with E-state index in [1.807, 2.05) is 18.2 Å². The standard InChI is InChI=1S/C18H23N3O3/c22-14-3-1-2-11(8-14)10-19-18(23)20-13-6-7-16-15(9-13)21-17(24-16)12-4-5-12/h6-7,9,11-12,14,22H,1-5,8,10H2,(H2,19,20,23). The first-order chi connectivity index (χ1) is 11.7. The van der Waals surface area contributed by atoms with Gasteiger partial charge in [0.15, 0.2) is 11.5 Å². The molecule has 2 aliphatic carbocycles. The van der Waals surface area contributed by atoms with Crippen molar-refractivity contribution in [2.24, 2.45) is 5.92 Å². The molecule has 0 radical (unpaired) electrons. The number of anilines is 1. The van der Waals surface area contributed by atoms with Gasteiger partial charge in [-0.3, -0.25) is 0 Å². The Morgan fingerprint density at radius 3 is 2.96 bits per heavy atom. The minimum absolute atomic E-state index is 0.219. The molecule has 2 amide bonds. The molecule has 6 nitrogen and oxygen atoms in total. The Hall–Kier alpha value is -2.08. The second kappa shape index (κ2) is 6.43. The number of hydrogen-bond acceptors (Lipinski definition) is 4. The lowest BCUT2D eigenvalue weighted by Crippen LogP contribution is -2.35. The molecule has 128 valence electrons. The number of aliphatic hydroxyl groups excluding tert-OH is 1. The number of aromatic nitrogens is 1. The van der Waals surface area contributed by atoms with Crippen LogP contribution in [0.5, 0.6) is 0 Å². The van der Waals surface area contributed by atoms with Crippen molar-refractivity contribution in [3.63, 3.8) is 0 Å². The van der Waals surface area contributed by atoms with Gasteiger partial charge in [-0.2, -0.15) is 0 Å². The summed E-state index contributed by atoms with van der Waals surface area (Å²) in [6.45, 7) is 0.598. The molecule has 24 heavy (non-hydrogen) atoms. The quantitative estimate of drug-likeness (QED) is 0.802. The van der Waals surface area contributed by atoms with E-state index in [0.717, 1.165) is 55.5 Å². The molecule has 0 bridgehead atoms. The minimum atomic E-state index is -0.222.